The maximum absolute atomic E-state index is 13.9. The number of hydrogen-bond donors (Lipinski definition) is 2. The number of nitrogens with zero attached hydrogens (tertiary/aromatic N) is 1. The minimum Gasteiger partial charge on any atom is -0.324 e. The van der Waals surface area contributed by atoms with Crippen molar-refractivity contribution in [2.24, 2.45) is 43.3 Å². The Bertz CT molecular complexity index is 1050. The lowest BCUT2D eigenvalue weighted by atomic mass is 9.36. The molecule has 206 valence electrons. The van der Waals surface area contributed by atoms with Gasteiger partial charge in [-0.15, -0.1) is 0 Å². The van der Waals surface area contributed by atoms with Gasteiger partial charge in [-0.2, -0.15) is 0 Å². The van der Waals surface area contributed by atoms with Crippen LogP contribution in [-0.2, 0) is 9.59 Å². The number of aromatic nitrogens is 1. The lowest BCUT2D eigenvalue weighted by molar-refractivity contribution is -0.188. The van der Waals surface area contributed by atoms with Gasteiger partial charge < -0.3 is 10.6 Å². The average Bonchev–Trinajstić information content (AvgIpc) is 2.67. The van der Waals surface area contributed by atoms with E-state index in [9.17, 15) is 9.59 Å². The summed E-state index contributed by atoms with van der Waals surface area (Å²) in [7, 11) is 0. The van der Waals surface area contributed by atoms with Crippen LogP contribution in [0.3, 0.4) is 0 Å². The van der Waals surface area contributed by atoms with E-state index in [1.165, 1.54) is 38.5 Å². The molecule has 5 nitrogen and oxygen atoms in total. The fraction of sp³-hybridized carbons (Fsp3) is 0.788. The van der Waals surface area contributed by atoms with Gasteiger partial charge in [0.15, 0.2) is 0 Å². The molecule has 0 atom stereocenters. The number of amides is 2. The normalized spacial score (nSPS) is 51.7. The van der Waals surface area contributed by atoms with E-state index in [1.54, 1.807) is 12.4 Å². The lowest BCUT2D eigenvalue weighted by Crippen LogP contribution is -2.62. The summed E-state index contributed by atoms with van der Waals surface area (Å²) in [6.45, 7) is 14.5. The molecule has 9 rings (SSSR count). The molecule has 8 aliphatic carbocycles. The highest BCUT2D eigenvalue weighted by Gasteiger charge is 2.67. The molecule has 1 heterocycles. The van der Waals surface area contributed by atoms with Crippen LogP contribution in [0.2, 0.25) is 0 Å². The fourth-order valence-electron chi connectivity index (χ4n) is 14.2. The number of carbonyl (C=O) groups is 2. The third kappa shape index (κ3) is 3.73. The van der Waals surface area contributed by atoms with Gasteiger partial charge in [-0.25, -0.2) is 0 Å². The molecule has 2 N–H and O–H groups in total. The molecular weight excluding hydrogens is 470 g/mol. The van der Waals surface area contributed by atoms with Gasteiger partial charge in [0.05, 0.1) is 34.6 Å². The highest BCUT2D eigenvalue weighted by molar-refractivity contribution is 5.98. The molecule has 0 radical (unpaired) electrons. The molecule has 0 aliphatic heterocycles. The topological polar surface area (TPSA) is 71.1 Å². The zero-order valence-corrected chi connectivity index (χ0v) is 24.5. The van der Waals surface area contributed by atoms with Crippen molar-refractivity contribution in [2.45, 2.75) is 119 Å². The van der Waals surface area contributed by atoms with Gasteiger partial charge in [-0.3, -0.25) is 14.6 Å². The van der Waals surface area contributed by atoms with E-state index in [4.69, 9.17) is 0 Å². The van der Waals surface area contributed by atoms with E-state index >= 15 is 0 Å². The first-order chi connectivity index (χ1) is 17.5. The number of rotatable bonds is 4. The first-order valence-electron chi connectivity index (χ1n) is 15.1. The van der Waals surface area contributed by atoms with Crippen LogP contribution < -0.4 is 10.6 Å². The summed E-state index contributed by atoms with van der Waals surface area (Å²) in [5, 5.41) is 6.53. The SMILES string of the molecule is CC12CC3(C)CC(C)(C1)CC(C(=O)Nc1cncc(NC(=O)C45CC6(C)CC(C)(CC(C)(C6)C4)C5)c1)(C2)C3. The smallest absolute Gasteiger partial charge is 0.230 e. The standard InChI is InChI=1S/C33H47N3O2/c1-26-10-27(2)12-28(3,11-26)18-32(16-26,17-27)24(37)35-22-7-23(9-34-8-22)36-25(38)33-19-29(4)13-30(5,20-33)15-31(6,14-29)21-33/h7-9H,10-21H2,1-6H3,(H,35,37)(H,36,38). The molecule has 38 heavy (non-hydrogen) atoms. The summed E-state index contributed by atoms with van der Waals surface area (Å²) >= 11 is 0. The summed E-state index contributed by atoms with van der Waals surface area (Å²) in [6, 6.07) is 1.92. The Kier molecular flexibility index (Phi) is 4.65. The molecule has 8 fully saturated rings. The Morgan fingerprint density at radius 2 is 0.789 bits per heavy atom. The quantitative estimate of drug-likeness (QED) is 0.429. The second-order valence-electron chi connectivity index (χ2n) is 17.9. The van der Waals surface area contributed by atoms with E-state index in [1.807, 2.05) is 6.07 Å². The van der Waals surface area contributed by atoms with Crippen LogP contribution in [0, 0.1) is 43.3 Å². The van der Waals surface area contributed by atoms with Gasteiger partial charge in [-0.05, 0) is 116 Å². The predicted molar refractivity (Wildman–Crippen MR) is 150 cm³/mol. The van der Waals surface area contributed by atoms with Gasteiger partial charge >= 0.3 is 0 Å². The van der Waals surface area contributed by atoms with Crippen molar-refractivity contribution < 1.29 is 9.59 Å². The van der Waals surface area contributed by atoms with Crippen molar-refractivity contribution in [3.8, 4) is 0 Å². The number of anilines is 2. The summed E-state index contributed by atoms with van der Waals surface area (Å²) in [6.07, 6.45) is 16.8. The first-order valence-corrected chi connectivity index (χ1v) is 15.1. The van der Waals surface area contributed by atoms with Gasteiger partial charge in [0.2, 0.25) is 11.8 Å². The Morgan fingerprint density at radius 3 is 1.05 bits per heavy atom. The molecule has 8 bridgehead atoms. The van der Waals surface area contributed by atoms with Gasteiger partial charge in [0, 0.05) is 0 Å². The van der Waals surface area contributed by atoms with Crippen molar-refractivity contribution in [3.05, 3.63) is 18.5 Å². The van der Waals surface area contributed by atoms with Gasteiger partial charge in [0.1, 0.15) is 0 Å². The van der Waals surface area contributed by atoms with E-state index < -0.39 is 0 Å². The maximum Gasteiger partial charge on any atom is 0.230 e. The highest BCUT2D eigenvalue weighted by Crippen LogP contribution is 2.75. The molecule has 1 aromatic heterocycles. The average molecular weight is 518 g/mol. The molecule has 0 spiro atoms. The number of pyridine rings is 1. The minimum absolute atomic E-state index is 0.153. The largest absolute Gasteiger partial charge is 0.324 e. The van der Waals surface area contributed by atoms with E-state index in [0.717, 1.165) is 38.5 Å². The number of carbonyl (C=O) groups excluding carboxylic acids is 2. The molecular formula is C33H47N3O2. The fourth-order valence-corrected chi connectivity index (χ4v) is 14.2. The van der Waals surface area contributed by atoms with Crippen LogP contribution in [0.5, 0.6) is 0 Å². The first kappa shape index (κ1) is 25.1. The third-order valence-corrected chi connectivity index (χ3v) is 11.9. The van der Waals surface area contributed by atoms with Crippen molar-refractivity contribution in [1.82, 2.24) is 4.98 Å². The van der Waals surface area contributed by atoms with Crippen molar-refractivity contribution >= 4 is 23.2 Å². The second kappa shape index (κ2) is 7.04. The Labute approximate surface area is 228 Å². The minimum atomic E-state index is -0.300. The highest BCUT2D eigenvalue weighted by atomic mass is 16.2. The van der Waals surface area contributed by atoms with E-state index in [2.05, 4.69) is 57.2 Å². The lowest BCUT2D eigenvalue weighted by Gasteiger charge is -2.68. The van der Waals surface area contributed by atoms with Crippen molar-refractivity contribution in [3.63, 3.8) is 0 Å². The summed E-state index contributed by atoms with van der Waals surface area (Å²) < 4.78 is 0. The molecule has 0 aromatic carbocycles. The van der Waals surface area contributed by atoms with E-state index in [0.29, 0.717) is 11.4 Å². The Hall–Kier alpha value is -1.91. The zero-order chi connectivity index (χ0) is 27.0. The number of nitrogens with one attached hydrogen (secondary N) is 2. The second-order valence-corrected chi connectivity index (χ2v) is 17.9. The summed E-state index contributed by atoms with van der Waals surface area (Å²) in [4.78, 5) is 32.3. The molecule has 0 saturated heterocycles. The molecule has 8 saturated carbocycles. The zero-order valence-electron chi connectivity index (χ0n) is 24.5. The van der Waals surface area contributed by atoms with Crippen molar-refractivity contribution in [2.75, 3.05) is 10.6 Å². The third-order valence-electron chi connectivity index (χ3n) is 11.9. The van der Waals surface area contributed by atoms with Crippen LogP contribution >= 0.6 is 0 Å². The molecule has 1 aromatic rings. The summed E-state index contributed by atoms with van der Waals surface area (Å²) in [5.74, 6) is 0.306. The monoisotopic (exact) mass is 517 g/mol. The maximum atomic E-state index is 13.9. The molecule has 5 heteroatoms. The van der Waals surface area contributed by atoms with Crippen LogP contribution in [0.15, 0.2) is 18.5 Å². The molecule has 2 amide bonds. The van der Waals surface area contributed by atoms with Crippen LogP contribution in [0.1, 0.15) is 119 Å². The molecule has 0 unspecified atom stereocenters. The van der Waals surface area contributed by atoms with Gasteiger partial charge in [0.25, 0.3) is 0 Å². The van der Waals surface area contributed by atoms with Gasteiger partial charge in [-0.1, -0.05) is 41.5 Å². The van der Waals surface area contributed by atoms with Crippen LogP contribution in [0.4, 0.5) is 11.4 Å². The predicted octanol–water partition coefficient (Wildman–Crippen LogP) is 7.73. The Balaban J connectivity index is 1.10. The van der Waals surface area contributed by atoms with Crippen LogP contribution in [0.25, 0.3) is 0 Å². The Morgan fingerprint density at radius 1 is 0.526 bits per heavy atom. The van der Waals surface area contributed by atoms with E-state index in [-0.39, 0.29) is 55.1 Å². The molecule has 8 aliphatic rings. The number of hydrogen-bond acceptors (Lipinski definition) is 3. The van der Waals surface area contributed by atoms with Crippen molar-refractivity contribution in [1.29, 1.82) is 0 Å². The van der Waals surface area contributed by atoms with Crippen LogP contribution in [-0.4, -0.2) is 16.8 Å². The summed E-state index contributed by atoms with van der Waals surface area (Å²) in [5.41, 5.74) is 2.32.